The Labute approximate surface area is 182 Å². The Morgan fingerprint density at radius 2 is 2.03 bits per heavy atom. The largest absolute Gasteiger partial charge is 0.453 e. The molecule has 0 saturated carbocycles. The number of amidine groups is 1. The number of halogens is 1. The number of hydrogen-bond donors (Lipinski definition) is 4. The fourth-order valence-corrected chi connectivity index (χ4v) is 3.48. The Morgan fingerprint density at radius 1 is 1.38 bits per heavy atom. The first-order chi connectivity index (χ1) is 14.9. The average Bonchev–Trinajstić information content (AvgIpc) is 3.25. The molecule has 32 heavy (non-hydrogen) atoms. The topological polar surface area (TPSA) is 202 Å². The summed E-state index contributed by atoms with van der Waals surface area (Å²) in [5, 5.41) is 19.5. The number of fused-ring (bicyclic) bond motifs is 1. The van der Waals surface area contributed by atoms with E-state index in [1.165, 1.54) is 6.92 Å². The van der Waals surface area contributed by atoms with E-state index in [0.717, 1.165) is 11.2 Å². The molecule has 1 fully saturated rings. The zero-order chi connectivity index (χ0) is 24.0. The lowest BCUT2D eigenvalue weighted by Gasteiger charge is -2.32. The monoisotopic (exact) mass is 456 g/mol. The van der Waals surface area contributed by atoms with E-state index in [9.17, 15) is 29.0 Å². The Kier molecular flexibility index (Phi) is 6.42. The lowest BCUT2D eigenvalue weighted by atomic mass is 9.88. The number of ether oxygens (including phenoxy) is 2. The van der Waals surface area contributed by atoms with Crippen LogP contribution in [0.25, 0.3) is 0 Å². The molecule has 1 amide bonds. The maximum Gasteiger partial charge on any atom is 0.323 e. The number of Topliss-reactive ketones (excluding diaryl/α,β-unsaturated/α-hetero) is 1. The minimum absolute atomic E-state index is 0.269. The summed E-state index contributed by atoms with van der Waals surface area (Å²) in [5.74, 6) is -4.13. The lowest BCUT2D eigenvalue weighted by molar-refractivity contribution is -0.158. The van der Waals surface area contributed by atoms with Gasteiger partial charge >= 0.3 is 5.97 Å². The number of nitrogens with zero attached hydrogens (tertiary/aromatic N) is 4. The minimum Gasteiger partial charge on any atom is -0.453 e. The van der Waals surface area contributed by atoms with E-state index in [2.05, 4.69) is 15.0 Å². The molecule has 1 saturated heterocycles. The van der Waals surface area contributed by atoms with Gasteiger partial charge in [-0.1, -0.05) is 13.8 Å². The van der Waals surface area contributed by atoms with Gasteiger partial charge in [-0.05, 0) is 12.8 Å². The van der Waals surface area contributed by atoms with Crippen molar-refractivity contribution in [3.63, 3.8) is 0 Å². The molecule has 0 aromatic heterocycles. The molecule has 0 aromatic rings. The summed E-state index contributed by atoms with van der Waals surface area (Å²) in [7, 11) is 0. The normalized spacial score (nSPS) is 33.6. The number of amides is 1. The first kappa shape index (κ1) is 23.8. The second-order valence-electron chi connectivity index (χ2n) is 7.97. The van der Waals surface area contributed by atoms with Crippen molar-refractivity contribution in [2.24, 2.45) is 32.4 Å². The molecule has 3 rings (SSSR count). The van der Waals surface area contributed by atoms with Gasteiger partial charge in [0, 0.05) is 0 Å². The molecule has 3 aliphatic rings. The second kappa shape index (κ2) is 8.61. The number of aliphatic hydroxyl groups is 2. The molecule has 3 aliphatic heterocycles. The molecule has 14 heteroatoms. The quantitative estimate of drug-likeness (QED) is 0.229. The molecular weight excluding hydrogens is 431 g/mol. The van der Waals surface area contributed by atoms with E-state index in [-0.39, 0.29) is 5.92 Å². The molecule has 4 unspecified atom stereocenters. The van der Waals surface area contributed by atoms with Gasteiger partial charge in [-0.15, -0.1) is 0 Å². The van der Waals surface area contributed by atoms with Crippen LogP contribution in [0.2, 0.25) is 0 Å². The Hall–Kier alpha value is -2.81. The van der Waals surface area contributed by atoms with Crippen LogP contribution in [0.1, 0.15) is 20.8 Å². The molecule has 176 valence electrons. The third-order valence-corrected chi connectivity index (χ3v) is 5.44. The summed E-state index contributed by atoms with van der Waals surface area (Å²) < 4.78 is 24.7. The first-order valence-corrected chi connectivity index (χ1v) is 9.86. The molecular formula is C18H25FN6O7. The smallest absolute Gasteiger partial charge is 0.323 e. The third-order valence-electron chi connectivity index (χ3n) is 5.44. The van der Waals surface area contributed by atoms with Gasteiger partial charge in [0.05, 0.1) is 12.9 Å². The van der Waals surface area contributed by atoms with Gasteiger partial charge in [0.15, 0.2) is 24.3 Å². The number of nitrogens with two attached hydrogens (primary N) is 2. The minimum atomic E-state index is -2.38. The van der Waals surface area contributed by atoms with Crippen molar-refractivity contribution in [2.45, 2.75) is 63.1 Å². The second-order valence-corrected chi connectivity index (χ2v) is 7.97. The summed E-state index contributed by atoms with van der Waals surface area (Å²) in [5.41, 5.74) is 8.94. The molecule has 3 heterocycles. The van der Waals surface area contributed by atoms with Crippen LogP contribution in [0.15, 0.2) is 15.0 Å². The Morgan fingerprint density at radius 3 is 2.59 bits per heavy atom. The molecule has 13 nitrogen and oxygen atoms in total. The van der Waals surface area contributed by atoms with Crippen molar-refractivity contribution in [3.05, 3.63) is 0 Å². The van der Waals surface area contributed by atoms with Crippen LogP contribution in [0.5, 0.6) is 0 Å². The van der Waals surface area contributed by atoms with Crippen LogP contribution >= 0.6 is 0 Å². The van der Waals surface area contributed by atoms with Crippen LogP contribution in [0.3, 0.4) is 0 Å². The van der Waals surface area contributed by atoms with E-state index in [0.29, 0.717) is 0 Å². The lowest BCUT2D eigenvalue weighted by Crippen LogP contribution is -2.61. The van der Waals surface area contributed by atoms with Crippen LogP contribution < -0.4 is 11.5 Å². The van der Waals surface area contributed by atoms with E-state index < -0.39 is 78.4 Å². The summed E-state index contributed by atoms with van der Waals surface area (Å²) in [6.07, 6.45) is -7.06. The summed E-state index contributed by atoms with van der Waals surface area (Å²) >= 11 is 0. The van der Waals surface area contributed by atoms with E-state index in [1.807, 2.05) is 0 Å². The maximum absolute atomic E-state index is 14.2. The van der Waals surface area contributed by atoms with Crippen molar-refractivity contribution >= 4 is 35.8 Å². The number of alkyl halides is 1. The number of carbonyl (C=O) groups excluding carboxylic acids is 3. The number of aliphatic imine (C=N–C) groups is 3. The summed E-state index contributed by atoms with van der Waals surface area (Å²) in [4.78, 5) is 50.6. The zero-order valence-electron chi connectivity index (χ0n) is 17.6. The highest BCUT2D eigenvalue weighted by Crippen LogP contribution is 2.34. The Balaban J connectivity index is 1.92. The fourth-order valence-electron chi connectivity index (χ4n) is 3.48. The van der Waals surface area contributed by atoms with Crippen LogP contribution in [0.4, 0.5) is 4.39 Å². The van der Waals surface area contributed by atoms with Crippen LogP contribution in [0, 0.1) is 5.92 Å². The SMILES string of the molecule is CC(OC(=O)[C@@H](N)C(C)C)C(=O)C12N=CN([C@@H]3O[C@H](CO)C(F)C3O)C1=NC(N)=NC2=O. The number of ketones is 1. The van der Waals surface area contributed by atoms with E-state index in [1.54, 1.807) is 13.8 Å². The highest BCUT2D eigenvalue weighted by Gasteiger charge is 2.62. The summed E-state index contributed by atoms with van der Waals surface area (Å²) in [6.45, 7) is 3.89. The van der Waals surface area contributed by atoms with Crippen LogP contribution in [-0.2, 0) is 23.9 Å². The van der Waals surface area contributed by atoms with E-state index >= 15 is 0 Å². The molecule has 0 aromatic carbocycles. The number of aliphatic hydroxyl groups excluding tert-OH is 2. The number of rotatable bonds is 7. The number of esters is 1. The molecule has 7 atom stereocenters. The average molecular weight is 456 g/mol. The van der Waals surface area contributed by atoms with Crippen molar-refractivity contribution in [1.29, 1.82) is 0 Å². The number of hydrogen-bond acceptors (Lipinski definition) is 12. The van der Waals surface area contributed by atoms with Crippen molar-refractivity contribution in [2.75, 3.05) is 6.61 Å². The highest BCUT2D eigenvalue weighted by molar-refractivity contribution is 6.38. The van der Waals surface area contributed by atoms with Gasteiger partial charge in [-0.25, -0.2) is 9.38 Å². The van der Waals surface area contributed by atoms with Crippen molar-refractivity contribution in [3.8, 4) is 0 Å². The zero-order valence-corrected chi connectivity index (χ0v) is 17.6. The van der Waals surface area contributed by atoms with Gasteiger partial charge in [0.25, 0.3) is 11.4 Å². The third kappa shape index (κ3) is 3.68. The van der Waals surface area contributed by atoms with Crippen LogP contribution in [-0.4, -0.2) is 99.8 Å². The molecule has 0 radical (unpaired) electrons. The fraction of sp³-hybridized carbons (Fsp3) is 0.667. The number of guanidine groups is 1. The molecule has 0 spiro atoms. The molecule has 0 aliphatic carbocycles. The standard InChI is InChI=1S/C18H25FN6O7/c1-6(2)10(20)14(29)31-7(3)12(28)18-15(23-17(21)24-16(18)30)25(5-22-18)13-11(27)9(19)8(4-26)32-13/h5-11,13,26-27H,4,20H2,1-3H3,(H2,21,24,30)/t7?,8-,9?,10+,11?,13-,18?/m1/s1. The van der Waals surface area contributed by atoms with Crippen molar-refractivity contribution < 1.29 is 38.5 Å². The van der Waals surface area contributed by atoms with Gasteiger partial charge in [0.1, 0.15) is 18.2 Å². The maximum atomic E-state index is 14.2. The van der Waals surface area contributed by atoms with Gasteiger partial charge < -0.3 is 31.2 Å². The van der Waals surface area contributed by atoms with Gasteiger partial charge in [0.2, 0.25) is 11.7 Å². The van der Waals surface area contributed by atoms with E-state index in [4.69, 9.17) is 20.9 Å². The number of carbonyl (C=O) groups is 3. The Bertz CT molecular complexity index is 908. The highest BCUT2D eigenvalue weighted by atomic mass is 19.1. The predicted molar refractivity (Wildman–Crippen MR) is 107 cm³/mol. The van der Waals surface area contributed by atoms with Gasteiger partial charge in [-0.3, -0.25) is 19.3 Å². The van der Waals surface area contributed by atoms with Crippen molar-refractivity contribution in [1.82, 2.24) is 4.90 Å². The molecule has 0 bridgehead atoms. The van der Waals surface area contributed by atoms with Gasteiger partial charge in [-0.2, -0.15) is 9.98 Å². The summed E-state index contributed by atoms with van der Waals surface area (Å²) in [6, 6.07) is -1.01. The predicted octanol–water partition coefficient (Wildman–Crippen LogP) is -2.78. The molecule has 6 N–H and O–H groups in total. The first-order valence-electron chi connectivity index (χ1n) is 9.86.